The van der Waals surface area contributed by atoms with Crippen LogP contribution in [0.1, 0.15) is 27.7 Å². The van der Waals surface area contributed by atoms with E-state index < -0.39 is 14.6 Å². The van der Waals surface area contributed by atoms with E-state index in [0.717, 1.165) is 0 Å². The number of alkyl halides is 1. The molecule has 0 spiro atoms. The van der Waals surface area contributed by atoms with Crippen LogP contribution in [-0.2, 0) is 14.6 Å². The van der Waals surface area contributed by atoms with E-state index in [9.17, 15) is 8.42 Å². The molecule has 4 nitrogen and oxygen atoms in total. The van der Waals surface area contributed by atoms with Crippen molar-refractivity contribution < 1.29 is 13.2 Å². The van der Waals surface area contributed by atoms with Gasteiger partial charge in [-0.15, -0.1) is 11.6 Å². The molecule has 108 valence electrons. The number of hydrogen-bond acceptors (Lipinski definition) is 4. The highest BCUT2D eigenvalue weighted by atomic mass is 35.5. The summed E-state index contributed by atoms with van der Waals surface area (Å²) in [5, 5.41) is 0. The fourth-order valence-corrected chi connectivity index (χ4v) is 3.10. The predicted octanol–water partition coefficient (Wildman–Crippen LogP) is 1.53. The second-order valence-corrected chi connectivity index (χ2v) is 9.06. The first-order valence-corrected chi connectivity index (χ1v) is 8.50. The molecule has 0 aromatic carbocycles. The Kier molecular flexibility index (Phi) is 5.47. The monoisotopic (exact) mass is 297 g/mol. The van der Waals surface area contributed by atoms with E-state index in [2.05, 4.69) is 4.90 Å². The highest BCUT2D eigenvalue weighted by molar-refractivity contribution is 7.92. The van der Waals surface area contributed by atoms with Gasteiger partial charge in [-0.2, -0.15) is 0 Å². The first kappa shape index (κ1) is 16.2. The van der Waals surface area contributed by atoms with Crippen molar-refractivity contribution >= 4 is 21.4 Å². The molecule has 1 heterocycles. The van der Waals surface area contributed by atoms with Crippen LogP contribution in [0.2, 0.25) is 0 Å². The Bertz CT molecular complexity index is 364. The van der Waals surface area contributed by atoms with Gasteiger partial charge in [0.15, 0.2) is 9.84 Å². The summed E-state index contributed by atoms with van der Waals surface area (Å²) >= 11 is 5.79. The smallest absolute Gasteiger partial charge is 0.156 e. The molecule has 6 heteroatoms. The van der Waals surface area contributed by atoms with Crippen LogP contribution in [0.15, 0.2) is 0 Å². The zero-order chi connectivity index (χ0) is 14.0. The molecule has 0 amide bonds. The Hall–Kier alpha value is 0.160. The van der Waals surface area contributed by atoms with Crippen molar-refractivity contribution in [2.75, 3.05) is 31.3 Å². The fourth-order valence-electron chi connectivity index (χ4n) is 1.82. The summed E-state index contributed by atoms with van der Waals surface area (Å²) in [6.45, 7) is 9.16. The lowest BCUT2D eigenvalue weighted by Crippen LogP contribution is -2.50. The molecule has 0 N–H and O–H groups in total. The molecule has 0 aromatic rings. The van der Waals surface area contributed by atoms with Crippen molar-refractivity contribution in [2.45, 2.75) is 44.6 Å². The van der Waals surface area contributed by atoms with E-state index in [1.165, 1.54) is 0 Å². The maximum Gasteiger partial charge on any atom is 0.156 e. The molecule has 0 aromatic heterocycles. The fraction of sp³-hybridized carbons (Fsp3) is 1.00. The zero-order valence-electron chi connectivity index (χ0n) is 11.6. The number of morpholine rings is 1. The highest BCUT2D eigenvalue weighted by Gasteiger charge is 2.31. The van der Waals surface area contributed by atoms with Gasteiger partial charge in [0.05, 0.1) is 23.2 Å². The van der Waals surface area contributed by atoms with Crippen molar-refractivity contribution in [3.63, 3.8) is 0 Å². The van der Waals surface area contributed by atoms with Crippen LogP contribution in [0.5, 0.6) is 0 Å². The number of rotatable bonds is 4. The molecule has 0 aliphatic carbocycles. The van der Waals surface area contributed by atoms with Gasteiger partial charge in [-0.25, -0.2) is 8.42 Å². The molecule has 0 radical (unpaired) electrons. The largest absolute Gasteiger partial charge is 0.374 e. The topological polar surface area (TPSA) is 46.6 Å². The van der Waals surface area contributed by atoms with Crippen LogP contribution in [0.3, 0.4) is 0 Å². The lowest BCUT2D eigenvalue weighted by molar-refractivity contribution is -0.0452. The summed E-state index contributed by atoms with van der Waals surface area (Å²) in [4.78, 5) is 2.15. The van der Waals surface area contributed by atoms with E-state index in [4.69, 9.17) is 16.3 Å². The van der Waals surface area contributed by atoms with Crippen molar-refractivity contribution in [1.29, 1.82) is 0 Å². The normalized spacial score (nSPS) is 27.4. The van der Waals surface area contributed by atoms with Gasteiger partial charge in [-0.3, -0.25) is 4.90 Å². The quantitative estimate of drug-likeness (QED) is 0.738. The summed E-state index contributed by atoms with van der Waals surface area (Å²) in [5.74, 6) is 0.644. The molecule has 1 saturated heterocycles. The summed E-state index contributed by atoms with van der Waals surface area (Å²) in [6.07, 6.45) is 0.0141. The molecular formula is C12H24ClNO3S. The van der Waals surface area contributed by atoms with Gasteiger partial charge in [-0.05, 0) is 27.7 Å². The molecule has 1 fully saturated rings. The standard InChI is InChI=1S/C12H24ClNO3S/c1-10-9-17-11(7-13)8-14(10)5-6-18(15,16)12(2,3)4/h10-11H,5-9H2,1-4H3. The summed E-state index contributed by atoms with van der Waals surface area (Å²) in [6, 6.07) is 0.250. The minimum atomic E-state index is -3.06. The molecule has 1 rings (SSSR count). The van der Waals surface area contributed by atoms with Crippen molar-refractivity contribution in [3.8, 4) is 0 Å². The number of hydrogen-bond donors (Lipinski definition) is 0. The number of halogens is 1. The van der Waals surface area contributed by atoms with Crippen LogP contribution < -0.4 is 0 Å². The van der Waals surface area contributed by atoms with Crippen molar-refractivity contribution in [3.05, 3.63) is 0 Å². The Labute approximate surface area is 116 Å². The maximum absolute atomic E-state index is 12.1. The Balaban J connectivity index is 2.57. The van der Waals surface area contributed by atoms with Crippen LogP contribution in [0.4, 0.5) is 0 Å². The Morgan fingerprint density at radius 3 is 2.50 bits per heavy atom. The number of ether oxygens (including phenoxy) is 1. The molecule has 1 aliphatic heterocycles. The SMILES string of the molecule is CC1COC(CCl)CN1CCS(=O)(=O)C(C)(C)C. The van der Waals surface area contributed by atoms with Crippen LogP contribution >= 0.6 is 11.6 Å². The first-order chi connectivity index (χ1) is 8.17. The second-order valence-electron chi connectivity index (χ2n) is 5.88. The third-order valence-corrected chi connectivity index (χ3v) is 6.32. The van der Waals surface area contributed by atoms with Crippen LogP contribution in [0.25, 0.3) is 0 Å². The minimum Gasteiger partial charge on any atom is -0.374 e. The lowest BCUT2D eigenvalue weighted by atomic mass is 10.2. The van der Waals surface area contributed by atoms with E-state index >= 15 is 0 Å². The summed E-state index contributed by atoms with van der Waals surface area (Å²) in [5.41, 5.74) is 0. The van der Waals surface area contributed by atoms with Gasteiger partial charge in [0.2, 0.25) is 0 Å². The van der Waals surface area contributed by atoms with Gasteiger partial charge in [0.1, 0.15) is 0 Å². The second kappa shape index (κ2) is 6.07. The van der Waals surface area contributed by atoms with Gasteiger partial charge in [0.25, 0.3) is 0 Å². The molecule has 0 saturated carbocycles. The molecule has 2 atom stereocenters. The van der Waals surface area contributed by atoms with E-state index in [0.29, 0.717) is 25.6 Å². The summed E-state index contributed by atoms with van der Waals surface area (Å²) < 4.78 is 29.0. The lowest BCUT2D eigenvalue weighted by Gasteiger charge is -2.37. The third-order valence-electron chi connectivity index (χ3n) is 3.39. The zero-order valence-corrected chi connectivity index (χ0v) is 13.2. The molecule has 1 aliphatic rings. The summed E-state index contributed by atoms with van der Waals surface area (Å²) in [7, 11) is -3.06. The van der Waals surface area contributed by atoms with Gasteiger partial charge < -0.3 is 4.74 Å². The van der Waals surface area contributed by atoms with E-state index in [1.54, 1.807) is 20.8 Å². The molecule has 18 heavy (non-hydrogen) atoms. The Morgan fingerprint density at radius 2 is 2.00 bits per heavy atom. The Morgan fingerprint density at radius 1 is 1.39 bits per heavy atom. The predicted molar refractivity (Wildman–Crippen MR) is 75.0 cm³/mol. The average molecular weight is 298 g/mol. The minimum absolute atomic E-state index is 0.0141. The van der Waals surface area contributed by atoms with Crippen LogP contribution in [-0.4, -0.2) is 61.5 Å². The third kappa shape index (κ3) is 4.08. The van der Waals surface area contributed by atoms with Gasteiger partial charge in [-0.1, -0.05) is 0 Å². The molecule has 0 bridgehead atoms. The highest BCUT2D eigenvalue weighted by Crippen LogP contribution is 2.18. The van der Waals surface area contributed by atoms with Gasteiger partial charge in [0, 0.05) is 25.0 Å². The van der Waals surface area contributed by atoms with E-state index in [1.807, 2.05) is 6.92 Å². The first-order valence-electron chi connectivity index (χ1n) is 6.31. The average Bonchev–Trinajstić information content (AvgIpc) is 2.26. The number of sulfone groups is 1. The van der Waals surface area contributed by atoms with Crippen LogP contribution in [0, 0.1) is 0 Å². The van der Waals surface area contributed by atoms with Crippen molar-refractivity contribution in [2.24, 2.45) is 0 Å². The number of nitrogens with zero attached hydrogens (tertiary/aromatic N) is 1. The molecule has 2 unspecified atom stereocenters. The van der Waals surface area contributed by atoms with E-state index in [-0.39, 0.29) is 17.9 Å². The molecular weight excluding hydrogens is 274 g/mol. The maximum atomic E-state index is 12.1. The van der Waals surface area contributed by atoms with Crippen molar-refractivity contribution in [1.82, 2.24) is 4.90 Å². The van der Waals surface area contributed by atoms with Gasteiger partial charge >= 0.3 is 0 Å².